The smallest absolute Gasteiger partial charge is 0.177 e. The van der Waals surface area contributed by atoms with Crippen molar-refractivity contribution in [3.8, 4) is 22.8 Å². The molecule has 1 aliphatic heterocycles. The lowest BCUT2D eigenvalue weighted by molar-refractivity contribution is 0.198. The van der Waals surface area contributed by atoms with Crippen LogP contribution in [0.2, 0.25) is 0 Å². The van der Waals surface area contributed by atoms with Gasteiger partial charge in [-0.25, -0.2) is 18.7 Å². The standard InChI is InChI=1S/C20H20F2N4O2.C4H8O/c1-27-14-7-15(28-2)19(22)17(18(14)21)13-5-11-9-24-16(23)6-12(11)20(26-13)25-8-10-3-4-10;1-2-4-5-3-1/h5-7,9-10H,3-4,8H2,1-2H3,(H2,23,24)(H,25,26);1-4H2. The highest BCUT2D eigenvalue weighted by Crippen LogP contribution is 2.39. The Bertz CT molecular complexity index is 1100. The highest BCUT2D eigenvalue weighted by molar-refractivity contribution is 5.95. The topological polar surface area (TPSA) is 91.5 Å². The van der Waals surface area contributed by atoms with E-state index in [2.05, 4.69) is 15.3 Å². The molecule has 1 aromatic carbocycles. The van der Waals surface area contributed by atoms with E-state index in [1.165, 1.54) is 33.1 Å². The van der Waals surface area contributed by atoms with Gasteiger partial charge < -0.3 is 25.3 Å². The molecule has 33 heavy (non-hydrogen) atoms. The third-order valence-corrected chi connectivity index (χ3v) is 5.65. The molecule has 2 fully saturated rings. The molecule has 0 unspecified atom stereocenters. The van der Waals surface area contributed by atoms with Crippen molar-refractivity contribution in [1.82, 2.24) is 9.97 Å². The first-order valence-electron chi connectivity index (χ1n) is 11.0. The van der Waals surface area contributed by atoms with Gasteiger partial charge >= 0.3 is 0 Å². The molecule has 0 amide bonds. The minimum absolute atomic E-state index is 0.115. The maximum Gasteiger partial charge on any atom is 0.177 e. The number of pyridine rings is 2. The highest BCUT2D eigenvalue weighted by Gasteiger charge is 2.25. The molecular formula is C24H28F2N4O3. The van der Waals surface area contributed by atoms with Crippen LogP contribution >= 0.6 is 0 Å². The number of nitrogens with one attached hydrogen (secondary N) is 1. The Labute approximate surface area is 191 Å². The third kappa shape index (κ3) is 5.24. The van der Waals surface area contributed by atoms with E-state index in [1.807, 2.05) is 0 Å². The molecule has 0 bridgehead atoms. The number of anilines is 2. The Morgan fingerprint density at radius 3 is 2.27 bits per heavy atom. The van der Waals surface area contributed by atoms with E-state index in [9.17, 15) is 8.78 Å². The molecule has 3 heterocycles. The minimum Gasteiger partial charge on any atom is -0.494 e. The van der Waals surface area contributed by atoms with E-state index in [0.29, 0.717) is 22.9 Å². The van der Waals surface area contributed by atoms with Crippen molar-refractivity contribution >= 4 is 22.4 Å². The maximum atomic E-state index is 14.9. The Hall–Kier alpha value is -3.20. The van der Waals surface area contributed by atoms with E-state index < -0.39 is 11.6 Å². The number of nitrogens with zero attached hydrogens (tertiary/aromatic N) is 2. The average molecular weight is 459 g/mol. The molecule has 0 atom stereocenters. The summed E-state index contributed by atoms with van der Waals surface area (Å²) in [6.07, 6.45) is 6.43. The SMILES string of the molecule is C1CCOC1.COc1cc(OC)c(F)c(-c2cc3cnc(N)cc3c(NCC3CC3)n2)c1F. The first kappa shape index (κ1) is 23.0. The summed E-state index contributed by atoms with van der Waals surface area (Å²) in [6, 6.07) is 4.44. The molecule has 176 valence electrons. The fourth-order valence-corrected chi connectivity index (χ4v) is 3.61. The second kappa shape index (κ2) is 10.2. The maximum absolute atomic E-state index is 14.9. The number of ether oxygens (including phenoxy) is 3. The zero-order valence-electron chi connectivity index (χ0n) is 18.8. The molecule has 3 N–H and O–H groups in total. The zero-order valence-corrected chi connectivity index (χ0v) is 18.8. The molecule has 3 aromatic rings. The van der Waals surface area contributed by atoms with Gasteiger partial charge in [0, 0.05) is 42.8 Å². The number of hydrogen-bond acceptors (Lipinski definition) is 7. The molecule has 7 nitrogen and oxygen atoms in total. The highest BCUT2D eigenvalue weighted by atomic mass is 19.1. The number of nitrogens with two attached hydrogens (primary N) is 1. The van der Waals surface area contributed by atoms with Gasteiger partial charge in [0.2, 0.25) is 0 Å². The van der Waals surface area contributed by atoms with Crippen LogP contribution in [0.1, 0.15) is 25.7 Å². The third-order valence-electron chi connectivity index (χ3n) is 5.65. The van der Waals surface area contributed by atoms with Crippen LogP contribution in [0.25, 0.3) is 22.0 Å². The Balaban J connectivity index is 0.000000459. The Morgan fingerprint density at radius 2 is 1.73 bits per heavy atom. The summed E-state index contributed by atoms with van der Waals surface area (Å²) < 4.78 is 44.9. The van der Waals surface area contributed by atoms with Crippen molar-refractivity contribution in [3.05, 3.63) is 36.0 Å². The molecule has 0 radical (unpaired) electrons. The molecule has 2 aromatic heterocycles. The van der Waals surface area contributed by atoms with Crippen molar-refractivity contribution in [3.63, 3.8) is 0 Å². The lowest BCUT2D eigenvalue weighted by atomic mass is 10.1. The molecule has 2 aliphatic rings. The summed E-state index contributed by atoms with van der Waals surface area (Å²) in [5, 5.41) is 4.69. The largest absolute Gasteiger partial charge is 0.494 e. The van der Waals surface area contributed by atoms with Gasteiger partial charge in [0.05, 0.1) is 25.5 Å². The van der Waals surface area contributed by atoms with Gasteiger partial charge in [-0.3, -0.25) is 0 Å². The van der Waals surface area contributed by atoms with Crippen LogP contribution in [0.15, 0.2) is 24.4 Å². The van der Waals surface area contributed by atoms with Crippen LogP contribution in [0.3, 0.4) is 0 Å². The first-order valence-corrected chi connectivity index (χ1v) is 11.0. The van der Waals surface area contributed by atoms with E-state index in [-0.39, 0.29) is 22.8 Å². The quantitative estimate of drug-likeness (QED) is 0.549. The van der Waals surface area contributed by atoms with Crippen molar-refractivity contribution < 1.29 is 23.0 Å². The van der Waals surface area contributed by atoms with Crippen LogP contribution in [0.4, 0.5) is 20.4 Å². The Kier molecular flexibility index (Phi) is 7.08. The Morgan fingerprint density at radius 1 is 1.06 bits per heavy atom. The van der Waals surface area contributed by atoms with Gasteiger partial charge in [0.1, 0.15) is 11.6 Å². The van der Waals surface area contributed by atoms with Crippen molar-refractivity contribution in [2.75, 3.05) is 45.0 Å². The minimum atomic E-state index is -0.843. The number of methoxy groups -OCH3 is 2. The van der Waals surface area contributed by atoms with E-state index in [0.717, 1.165) is 38.0 Å². The number of hydrogen-bond donors (Lipinski definition) is 2. The summed E-state index contributed by atoms with van der Waals surface area (Å²) in [5.41, 5.74) is 5.61. The van der Waals surface area contributed by atoms with Gasteiger partial charge in [-0.05, 0) is 43.7 Å². The van der Waals surface area contributed by atoms with Crippen LogP contribution in [-0.2, 0) is 4.74 Å². The monoisotopic (exact) mass is 458 g/mol. The van der Waals surface area contributed by atoms with Gasteiger partial charge in [-0.15, -0.1) is 0 Å². The molecule has 1 aliphatic carbocycles. The first-order chi connectivity index (χ1) is 16.0. The lowest BCUT2D eigenvalue weighted by Crippen LogP contribution is -2.07. The summed E-state index contributed by atoms with van der Waals surface area (Å²) >= 11 is 0. The predicted octanol–water partition coefficient (Wildman–Crippen LogP) is 4.79. The van der Waals surface area contributed by atoms with Crippen LogP contribution in [0.5, 0.6) is 11.5 Å². The van der Waals surface area contributed by atoms with E-state index >= 15 is 0 Å². The number of rotatable bonds is 6. The second-order valence-corrected chi connectivity index (χ2v) is 8.11. The fourth-order valence-electron chi connectivity index (χ4n) is 3.61. The molecule has 0 spiro atoms. The summed E-state index contributed by atoms with van der Waals surface area (Å²) in [4.78, 5) is 8.59. The predicted molar refractivity (Wildman–Crippen MR) is 124 cm³/mol. The van der Waals surface area contributed by atoms with Crippen LogP contribution in [0, 0.1) is 17.6 Å². The molecule has 9 heteroatoms. The van der Waals surface area contributed by atoms with Gasteiger partial charge in [0.15, 0.2) is 23.1 Å². The number of aromatic nitrogens is 2. The number of nitrogen functional groups attached to an aromatic ring is 1. The fraction of sp³-hybridized carbons (Fsp3) is 0.417. The lowest BCUT2D eigenvalue weighted by Gasteiger charge is -2.15. The van der Waals surface area contributed by atoms with Crippen molar-refractivity contribution in [1.29, 1.82) is 0 Å². The number of halogens is 2. The van der Waals surface area contributed by atoms with Crippen LogP contribution < -0.4 is 20.5 Å². The van der Waals surface area contributed by atoms with Crippen molar-refractivity contribution in [2.24, 2.45) is 5.92 Å². The molecule has 5 rings (SSSR count). The molecule has 1 saturated heterocycles. The van der Waals surface area contributed by atoms with Gasteiger partial charge in [-0.1, -0.05) is 0 Å². The molecular weight excluding hydrogens is 430 g/mol. The normalized spacial score (nSPS) is 15.2. The number of benzene rings is 1. The van der Waals surface area contributed by atoms with Gasteiger partial charge in [0.25, 0.3) is 0 Å². The average Bonchev–Trinajstić information content (AvgIpc) is 3.44. The van der Waals surface area contributed by atoms with E-state index in [1.54, 1.807) is 18.3 Å². The summed E-state index contributed by atoms with van der Waals surface area (Å²) in [5.74, 6) is -0.499. The number of fused-ring (bicyclic) bond motifs is 1. The molecule has 1 saturated carbocycles. The van der Waals surface area contributed by atoms with E-state index in [4.69, 9.17) is 19.9 Å². The summed E-state index contributed by atoms with van der Waals surface area (Å²) in [7, 11) is 2.62. The van der Waals surface area contributed by atoms with Gasteiger partial charge in [-0.2, -0.15) is 0 Å². The zero-order chi connectivity index (χ0) is 23.4. The van der Waals surface area contributed by atoms with Crippen molar-refractivity contribution in [2.45, 2.75) is 25.7 Å². The summed E-state index contributed by atoms with van der Waals surface area (Å²) in [6.45, 7) is 2.74. The second-order valence-electron chi connectivity index (χ2n) is 8.11. The van der Waals surface area contributed by atoms with Crippen LogP contribution in [-0.4, -0.2) is 43.9 Å².